The summed E-state index contributed by atoms with van der Waals surface area (Å²) in [7, 11) is 0. The van der Waals surface area contributed by atoms with Crippen LogP contribution in [-0.4, -0.2) is 41.5 Å². The van der Waals surface area contributed by atoms with Gasteiger partial charge in [-0.3, -0.25) is 4.79 Å². The zero-order valence-corrected chi connectivity index (χ0v) is 10.2. The summed E-state index contributed by atoms with van der Waals surface area (Å²) in [5.41, 5.74) is 11.9. The third kappa shape index (κ3) is 1.73. The highest BCUT2D eigenvalue weighted by atomic mass is 16.2. The van der Waals surface area contributed by atoms with Crippen molar-refractivity contribution >= 4 is 23.2 Å². The Morgan fingerprint density at radius 3 is 2.89 bits per heavy atom. The highest BCUT2D eigenvalue weighted by Gasteiger charge is 2.35. The van der Waals surface area contributed by atoms with Gasteiger partial charge in [0, 0.05) is 32.1 Å². The van der Waals surface area contributed by atoms with Crippen molar-refractivity contribution in [1.82, 2.24) is 9.88 Å². The molecule has 18 heavy (non-hydrogen) atoms. The van der Waals surface area contributed by atoms with Crippen molar-refractivity contribution < 1.29 is 4.79 Å². The summed E-state index contributed by atoms with van der Waals surface area (Å²) in [6.07, 6.45) is 1.62. The number of anilines is 3. The number of carbonyl (C=O) groups is 1. The van der Waals surface area contributed by atoms with Crippen LogP contribution in [0.15, 0.2) is 12.1 Å². The van der Waals surface area contributed by atoms with E-state index in [4.69, 9.17) is 11.5 Å². The van der Waals surface area contributed by atoms with Crippen molar-refractivity contribution in [3.8, 4) is 0 Å². The maximum Gasteiger partial charge on any atom is 0.223 e. The molecule has 2 aliphatic heterocycles. The minimum atomic E-state index is 0.282. The van der Waals surface area contributed by atoms with Crippen LogP contribution in [0.25, 0.3) is 0 Å². The van der Waals surface area contributed by atoms with Crippen molar-refractivity contribution in [2.24, 2.45) is 0 Å². The molecule has 3 rings (SSSR count). The Morgan fingerprint density at radius 2 is 2.11 bits per heavy atom. The first-order valence-electron chi connectivity index (χ1n) is 6.21. The molecule has 1 unspecified atom stereocenters. The number of fused-ring (bicyclic) bond motifs is 1. The predicted octanol–water partition coefficient (Wildman–Crippen LogP) is 0.0570. The van der Waals surface area contributed by atoms with Crippen LogP contribution in [0.5, 0.6) is 0 Å². The normalized spacial score (nSPS) is 23.3. The second-order valence-electron chi connectivity index (χ2n) is 4.87. The van der Waals surface area contributed by atoms with Gasteiger partial charge in [-0.25, -0.2) is 4.98 Å². The molecule has 0 radical (unpaired) electrons. The van der Waals surface area contributed by atoms with Crippen LogP contribution in [0.4, 0.5) is 17.3 Å². The number of hydrogen-bond acceptors (Lipinski definition) is 5. The molecule has 1 amide bonds. The number of pyridine rings is 1. The summed E-state index contributed by atoms with van der Waals surface area (Å²) in [5, 5.41) is 0. The van der Waals surface area contributed by atoms with Gasteiger partial charge in [0.15, 0.2) is 0 Å². The summed E-state index contributed by atoms with van der Waals surface area (Å²) in [4.78, 5) is 20.1. The van der Waals surface area contributed by atoms with Crippen LogP contribution in [0.2, 0.25) is 0 Å². The first-order valence-corrected chi connectivity index (χ1v) is 6.21. The van der Waals surface area contributed by atoms with Gasteiger partial charge in [-0.05, 0) is 18.6 Å². The van der Waals surface area contributed by atoms with Crippen molar-refractivity contribution in [1.29, 1.82) is 0 Å². The predicted molar refractivity (Wildman–Crippen MR) is 70.0 cm³/mol. The van der Waals surface area contributed by atoms with E-state index >= 15 is 0 Å². The average molecular weight is 247 g/mol. The fourth-order valence-corrected chi connectivity index (χ4v) is 2.72. The highest BCUT2D eigenvalue weighted by Crippen LogP contribution is 2.26. The van der Waals surface area contributed by atoms with E-state index in [2.05, 4.69) is 9.88 Å². The molecule has 96 valence electrons. The molecule has 2 aliphatic rings. The summed E-state index contributed by atoms with van der Waals surface area (Å²) < 4.78 is 0. The molecule has 0 spiro atoms. The number of piperazine rings is 1. The lowest BCUT2D eigenvalue weighted by molar-refractivity contribution is -0.129. The Morgan fingerprint density at radius 1 is 1.28 bits per heavy atom. The number of carbonyl (C=O) groups excluding carboxylic acids is 1. The number of amides is 1. The second-order valence-corrected chi connectivity index (χ2v) is 4.87. The monoisotopic (exact) mass is 247 g/mol. The number of nitrogens with two attached hydrogens (primary N) is 2. The van der Waals surface area contributed by atoms with Crippen LogP contribution in [0.3, 0.4) is 0 Å². The van der Waals surface area contributed by atoms with E-state index in [0.29, 0.717) is 24.0 Å². The third-order valence-corrected chi connectivity index (χ3v) is 3.76. The quantitative estimate of drug-likeness (QED) is 0.732. The summed E-state index contributed by atoms with van der Waals surface area (Å²) in [5.74, 6) is 1.50. The fourth-order valence-electron chi connectivity index (χ4n) is 2.72. The zero-order chi connectivity index (χ0) is 12.7. The smallest absolute Gasteiger partial charge is 0.223 e. The molecule has 6 nitrogen and oxygen atoms in total. The van der Waals surface area contributed by atoms with Crippen molar-refractivity contribution in [2.75, 3.05) is 36.0 Å². The zero-order valence-electron chi connectivity index (χ0n) is 10.2. The van der Waals surface area contributed by atoms with Gasteiger partial charge in [0.2, 0.25) is 5.91 Å². The van der Waals surface area contributed by atoms with Crippen LogP contribution < -0.4 is 16.4 Å². The summed E-state index contributed by atoms with van der Waals surface area (Å²) in [6, 6.07) is 3.99. The van der Waals surface area contributed by atoms with Gasteiger partial charge >= 0.3 is 0 Å². The maximum absolute atomic E-state index is 11.6. The molecule has 2 saturated heterocycles. The summed E-state index contributed by atoms with van der Waals surface area (Å²) in [6.45, 7) is 2.41. The van der Waals surface area contributed by atoms with Gasteiger partial charge in [0.1, 0.15) is 11.6 Å². The molecule has 1 atom stereocenters. The molecule has 2 fully saturated rings. The van der Waals surface area contributed by atoms with Crippen molar-refractivity contribution in [3.63, 3.8) is 0 Å². The lowest BCUT2D eigenvalue weighted by Gasteiger charge is -2.38. The topological polar surface area (TPSA) is 88.5 Å². The molecule has 6 heteroatoms. The number of rotatable bonds is 1. The SMILES string of the molecule is Nc1ccc(N2CCN3C(=O)CCC3C2)nc1N. The molecule has 3 heterocycles. The first-order chi connectivity index (χ1) is 8.65. The first kappa shape index (κ1) is 11.1. The Labute approximate surface area is 106 Å². The van der Waals surface area contributed by atoms with E-state index in [1.807, 2.05) is 11.0 Å². The second kappa shape index (κ2) is 4.04. The Kier molecular flexibility index (Phi) is 2.50. The standard InChI is InChI=1S/C12H17N5O/c13-9-2-3-10(15-12(9)14)16-5-6-17-8(7-16)1-4-11(17)18/h2-3,8H,1,4-7,13H2,(H2,14,15). The van der Waals surface area contributed by atoms with Crippen molar-refractivity contribution in [2.45, 2.75) is 18.9 Å². The van der Waals surface area contributed by atoms with Crippen LogP contribution >= 0.6 is 0 Å². The Hall–Kier alpha value is -1.98. The van der Waals surface area contributed by atoms with Gasteiger partial charge in [0.25, 0.3) is 0 Å². The molecule has 0 saturated carbocycles. The lowest BCUT2D eigenvalue weighted by atomic mass is 10.1. The molecule has 1 aromatic heterocycles. The van der Waals surface area contributed by atoms with E-state index in [-0.39, 0.29) is 5.91 Å². The van der Waals surface area contributed by atoms with E-state index < -0.39 is 0 Å². The summed E-state index contributed by atoms with van der Waals surface area (Å²) >= 11 is 0. The lowest BCUT2D eigenvalue weighted by Crippen LogP contribution is -2.51. The number of nitrogens with zero attached hydrogens (tertiary/aromatic N) is 3. The van der Waals surface area contributed by atoms with Crippen molar-refractivity contribution in [3.05, 3.63) is 12.1 Å². The van der Waals surface area contributed by atoms with Crippen LogP contribution in [0, 0.1) is 0 Å². The number of nitrogen functional groups attached to an aromatic ring is 2. The molecule has 1 aromatic rings. The number of hydrogen-bond donors (Lipinski definition) is 2. The van der Waals surface area contributed by atoms with Gasteiger partial charge in [0.05, 0.1) is 5.69 Å². The minimum absolute atomic E-state index is 0.282. The maximum atomic E-state index is 11.6. The van der Waals surface area contributed by atoms with E-state index in [9.17, 15) is 4.79 Å². The number of aromatic nitrogens is 1. The minimum Gasteiger partial charge on any atom is -0.396 e. The molecule has 0 aliphatic carbocycles. The Balaban J connectivity index is 1.78. The van der Waals surface area contributed by atoms with E-state index in [0.717, 1.165) is 31.9 Å². The third-order valence-electron chi connectivity index (χ3n) is 3.76. The molecule has 4 N–H and O–H groups in total. The largest absolute Gasteiger partial charge is 0.396 e. The molecule has 0 aromatic carbocycles. The van der Waals surface area contributed by atoms with Gasteiger partial charge < -0.3 is 21.3 Å². The molecular weight excluding hydrogens is 230 g/mol. The van der Waals surface area contributed by atoms with E-state index in [1.165, 1.54) is 0 Å². The van der Waals surface area contributed by atoms with Crippen LogP contribution in [0.1, 0.15) is 12.8 Å². The van der Waals surface area contributed by atoms with Gasteiger partial charge in [-0.1, -0.05) is 0 Å². The van der Waals surface area contributed by atoms with Gasteiger partial charge in [-0.15, -0.1) is 0 Å². The highest BCUT2D eigenvalue weighted by molar-refractivity contribution is 5.79. The molecular formula is C12H17N5O. The Bertz CT molecular complexity index is 489. The fraction of sp³-hybridized carbons (Fsp3) is 0.500. The average Bonchev–Trinajstić information content (AvgIpc) is 2.74. The molecule has 0 bridgehead atoms. The van der Waals surface area contributed by atoms with Crippen LogP contribution in [-0.2, 0) is 4.79 Å². The van der Waals surface area contributed by atoms with Gasteiger partial charge in [-0.2, -0.15) is 0 Å². The van der Waals surface area contributed by atoms with E-state index in [1.54, 1.807) is 6.07 Å².